The molecule has 1 aromatic carbocycles. The van der Waals surface area contributed by atoms with Crippen LogP contribution in [0.15, 0.2) is 41.1 Å². The van der Waals surface area contributed by atoms with Crippen molar-refractivity contribution in [1.29, 1.82) is 0 Å². The molecule has 0 atom stereocenters. The minimum absolute atomic E-state index is 0.416. The molecule has 0 unspecified atom stereocenters. The quantitative estimate of drug-likeness (QED) is 0.770. The predicted octanol–water partition coefficient (Wildman–Crippen LogP) is 4.47. The lowest BCUT2D eigenvalue weighted by Crippen LogP contribution is -2.34. The predicted molar refractivity (Wildman–Crippen MR) is 87.7 cm³/mol. The van der Waals surface area contributed by atoms with Crippen LogP contribution in [0, 0.1) is 0 Å². The van der Waals surface area contributed by atoms with Gasteiger partial charge in [-0.1, -0.05) is 6.07 Å². The van der Waals surface area contributed by atoms with E-state index in [1.54, 1.807) is 6.20 Å². The molecule has 3 nitrogen and oxygen atoms in total. The zero-order valence-corrected chi connectivity index (χ0v) is 13.5. The topological polar surface area (TPSA) is 34.1 Å². The van der Waals surface area contributed by atoms with Crippen LogP contribution in [0.25, 0.3) is 11.1 Å². The van der Waals surface area contributed by atoms with Crippen LogP contribution in [-0.4, -0.2) is 10.2 Å². The molecule has 0 bridgehead atoms. The van der Waals surface area contributed by atoms with Crippen molar-refractivity contribution < 1.29 is 4.74 Å². The maximum Gasteiger partial charge on any atom is 0.262 e. The smallest absolute Gasteiger partial charge is 0.262 e. The minimum Gasteiger partial charge on any atom is -0.460 e. The molecule has 3 rings (SSSR count). The third kappa shape index (κ3) is 2.43. The number of benzene rings is 1. The molecule has 1 aromatic heterocycles. The number of rotatable bonds is 1. The Labute approximate surface area is 131 Å². The maximum absolute atomic E-state index is 5.71. The Morgan fingerprint density at radius 3 is 2.75 bits per heavy atom. The van der Waals surface area contributed by atoms with Crippen molar-refractivity contribution in [3.8, 4) is 11.1 Å². The molecule has 20 heavy (non-hydrogen) atoms. The minimum atomic E-state index is -0.437. The van der Waals surface area contributed by atoms with Crippen LogP contribution in [0.5, 0.6) is 0 Å². The molecule has 0 spiro atoms. The molecule has 1 aliphatic rings. The van der Waals surface area contributed by atoms with E-state index in [1.165, 1.54) is 0 Å². The van der Waals surface area contributed by atoms with Crippen molar-refractivity contribution in [3.63, 3.8) is 0 Å². The number of thiocarbonyl (C=S) groups is 1. The highest BCUT2D eigenvalue weighted by atomic mass is 79.9. The van der Waals surface area contributed by atoms with Crippen LogP contribution in [0.2, 0.25) is 0 Å². The second-order valence-electron chi connectivity index (χ2n) is 5.18. The molecule has 0 amide bonds. The summed E-state index contributed by atoms with van der Waals surface area (Å²) in [6.07, 6.45) is 3.62. The van der Waals surface area contributed by atoms with Crippen molar-refractivity contribution in [2.45, 2.75) is 19.4 Å². The molecule has 5 heteroatoms. The normalized spacial score (nSPS) is 16.1. The van der Waals surface area contributed by atoms with Crippen LogP contribution < -0.4 is 5.32 Å². The number of hydrogen-bond acceptors (Lipinski definition) is 3. The van der Waals surface area contributed by atoms with Gasteiger partial charge in [0.2, 0.25) is 0 Å². The second kappa shape index (κ2) is 4.82. The average Bonchev–Trinajstić information content (AvgIpc) is 2.37. The molecule has 0 saturated heterocycles. The summed E-state index contributed by atoms with van der Waals surface area (Å²) in [6.45, 7) is 4.03. The molecular formula is C15H13BrN2OS. The van der Waals surface area contributed by atoms with E-state index in [2.05, 4.69) is 38.4 Å². The van der Waals surface area contributed by atoms with Crippen molar-refractivity contribution in [1.82, 2.24) is 4.98 Å². The number of halogens is 1. The number of nitrogens with zero attached hydrogens (tertiary/aromatic N) is 1. The fourth-order valence-electron chi connectivity index (χ4n) is 2.32. The Morgan fingerprint density at radius 2 is 2.00 bits per heavy atom. The van der Waals surface area contributed by atoms with Gasteiger partial charge in [-0.25, -0.2) is 0 Å². The molecule has 0 aliphatic carbocycles. The molecule has 0 fully saturated rings. The lowest BCUT2D eigenvalue weighted by atomic mass is 9.91. The number of ether oxygens (including phenoxy) is 1. The summed E-state index contributed by atoms with van der Waals surface area (Å²) in [6, 6.07) is 8.25. The Kier molecular flexibility index (Phi) is 3.26. The SMILES string of the molecule is CC1(C)OC(=S)Nc2ccc(-c3cncc(Br)c3)cc21. The summed E-state index contributed by atoms with van der Waals surface area (Å²) in [5.74, 6) is 0. The van der Waals surface area contributed by atoms with Gasteiger partial charge in [-0.3, -0.25) is 4.98 Å². The van der Waals surface area contributed by atoms with Gasteiger partial charge in [0.25, 0.3) is 5.17 Å². The van der Waals surface area contributed by atoms with E-state index >= 15 is 0 Å². The van der Waals surface area contributed by atoms with Crippen LogP contribution in [0.1, 0.15) is 19.4 Å². The molecule has 2 heterocycles. The molecule has 0 radical (unpaired) electrons. The van der Waals surface area contributed by atoms with Gasteiger partial charge in [0.15, 0.2) is 0 Å². The Bertz CT molecular complexity index is 700. The molecule has 2 aromatic rings. The molecule has 1 N–H and O–H groups in total. The van der Waals surface area contributed by atoms with Gasteiger partial charge in [-0.2, -0.15) is 0 Å². The lowest BCUT2D eigenvalue weighted by molar-refractivity contribution is 0.0947. The third-order valence-corrected chi connectivity index (χ3v) is 3.91. The summed E-state index contributed by atoms with van der Waals surface area (Å²) in [7, 11) is 0. The fraction of sp³-hybridized carbons (Fsp3) is 0.200. The zero-order chi connectivity index (χ0) is 14.3. The van der Waals surface area contributed by atoms with E-state index in [1.807, 2.05) is 32.2 Å². The standard InChI is InChI=1S/C15H13BrN2OS/c1-15(2)12-6-9(10-5-11(16)8-17-7-10)3-4-13(12)18-14(20)19-15/h3-8H,1-2H3,(H,18,20). The summed E-state index contributed by atoms with van der Waals surface area (Å²) < 4.78 is 6.67. The van der Waals surface area contributed by atoms with Crippen molar-refractivity contribution >= 4 is 39.0 Å². The first-order chi connectivity index (χ1) is 9.45. The van der Waals surface area contributed by atoms with Gasteiger partial charge >= 0.3 is 0 Å². The van der Waals surface area contributed by atoms with Crippen LogP contribution >= 0.6 is 28.1 Å². The van der Waals surface area contributed by atoms with Gasteiger partial charge in [0, 0.05) is 33.7 Å². The summed E-state index contributed by atoms with van der Waals surface area (Å²) >= 11 is 8.57. The van der Waals surface area contributed by atoms with Crippen LogP contribution in [-0.2, 0) is 10.3 Å². The highest BCUT2D eigenvalue weighted by molar-refractivity contribution is 9.10. The Balaban J connectivity index is 2.12. The zero-order valence-electron chi connectivity index (χ0n) is 11.1. The van der Waals surface area contributed by atoms with Gasteiger partial charge in [-0.15, -0.1) is 0 Å². The van der Waals surface area contributed by atoms with E-state index < -0.39 is 5.60 Å². The molecule has 0 saturated carbocycles. The maximum atomic E-state index is 5.71. The van der Waals surface area contributed by atoms with Crippen LogP contribution in [0.4, 0.5) is 5.69 Å². The second-order valence-corrected chi connectivity index (χ2v) is 6.46. The number of nitrogens with one attached hydrogen (secondary N) is 1. The molecule has 102 valence electrons. The highest BCUT2D eigenvalue weighted by Gasteiger charge is 2.31. The lowest BCUT2D eigenvalue weighted by Gasteiger charge is -2.34. The van der Waals surface area contributed by atoms with Crippen molar-refractivity contribution in [3.05, 3.63) is 46.7 Å². The van der Waals surface area contributed by atoms with Crippen LogP contribution in [0.3, 0.4) is 0 Å². The number of aromatic nitrogens is 1. The highest BCUT2D eigenvalue weighted by Crippen LogP contribution is 2.38. The van der Waals surface area contributed by atoms with Crippen molar-refractivity contribution in [2.24, 2.45) is 0 Å². The summed E-state index contributed by atoms with van der Waals surface area (Å²) in [5.41, 5.74) is 3.81. The average molecular weight is 349 g/mol. The van der Waals surface area contributed by atoms with Gasteiger partial charge in [-0.05, 0) is 65.8 Å². The van der Waals surface area contributed by atoms with Gasteiger partial charge in [0.1, 0.15) is 5.60 Å². The third-order valence-electron chi connectivity index (χ3n) is 3.29. The summed E-state index contributed by atoms with van der Waals surface area (Å²) in [4.78, 5) is 4.21. The Morgan fingerprint density at radius 1 is 1.20 bits per heavy atom. The molecular weight excluding hydrogens is 336 g/mol. The number of hydrogen-bond donors (Lipinski definition) is 1. The number of pyridine rings is 1. The fourth-order valence-corrected chi connectivity index (χ4v) is 3.01. The summed E-state index contributed by atoms with van der Waals surface area (Å²) in [5, 5.41) is 3.51. The first-order valence-corrected chi connectivity index (χ1v) is 7.41. The first-order valence-electron chi connectivity index (χ1n) is 6.21. The van der Waals surface area contributed by atoms with E-state index in [-0.39, 0.29) is 0 Å². The monoisotopic (exact) mass is 348 g/mol. The van der Waals surface area contributed by atoms with E-state index in [4.69, 9.17) is 17.0 Å². The number of fused-ring (bicyclic) bond motifs is 1. The Hall–Kier alpha value is -1.46. The first kappa shape index (κ1) is 13.5. The number of anilines is 1. The van der Waals surface area contributed by atoms with E-state index in [0.717, 1.165) is 26.9 Å². The van der Waals surface area contributed by atoms with E-state index in [0.29, 0.717) is 5.17 Å². The largest absolute Gasteiger partial charge is 0.460 e. The van der Waals surface area contributed by atoms with Gasteiger partial charge < -0.3 is 10.1 Å². The van der Waals surface area contributed by atoms with Gasteiger partial charge in [0.05, 0.1) is 0 Å². The van der Waals surface area contributed by atoms with E-state index in [9.17, 15) is 0 Å². The van der Waals surface area contributed by atoms with Crippen molar-refractivity contribution in [2.75, 3.05) is 5.32 Å². The molecule has 1 aliphatic heterocycles.